The highest BCUT2D eigenvalue weighted by Gasteiger charge is 2.10. The van der Waals surface area contributed by atoms with E-state index < -0.39 is 0 Å². The molecule has 0 unspecified atom stereocenters. The summed E-state index contributed by atoms with van der Waals surface area (Å²) in [5.74, 6) is -0.397. The molecule has 1 amide bonds. The molecule has 0 aliphatic rings. The maximum absolute atomic E-state index is 12.0. The standard InChI is InChI=1S/C19H31N3O3.ClH/c1-5-21(6-2)13-14-25-19(24)16-9-11-17(12-10-16)20-18(23)15-22(7-3)8-4;/h9-12H,5-8,13-15H2,1-4H3,(H,20,23);1H. The van der Waals surface area contributed by atoms with Crippen LogP contribution in [0.1, 0.15) is 38.1 Å². The normalized spacial score (nSPS) is 10.5. The van der Waals surface area contributed by atoms with Crippen LogP contribution < -0.4 is 5.32 Å². The van der Waals surface area contributed by atoms with Crippen LogP contribution in [0.2, 0.25) is 0 Å². The summed E-state index contributed by atoms with van der Waals surface area (Å²) in [4.78, 5) is 28.2. The van der Waals surface area contributed by atoms with E-state index in [1.807, 2.05) is 18.7 Å². The quantitative estimate of drug-likeness (QED) is 0.593. The van der Waals surface area contributed by atoms with E-state index in [0.717, 1.165) is 32.7 Å². The number of ether oxygens (including phenoxy) is 1. The SMILES string of the molecule is CCN(CC)CCOC(=O)c1ccc(NC(=O)CN(CC)CC)cc1.Cl. The van der Waals surface area contributed by atoms with Gasteiger partial charge in [-0.15, -0.1) is 12.4 Å². The number of carbonyl (C=O) groups is 2. The van der Waals surface area contributed by atoms with Crippen LogP contribution >= 0.6 is 12.4 Å². The van der Waals surface area contributed by atoms with Gasteiger partial charge in [-0.3, -0.25) is 9.69 Å². The molecule has 6 nitrogen and oxygen atoms in total. The average Bonchev–Trinajstić information content (AvgIpc) is 2.63. The average molecular weight is 386 g/mol. The molecule has 1 rings (SSSR count). The molecule has 0 heterocycles. The fourth-order valence-corrected chi connectivity index (χ4v) is 2.43. The van der Waals surface area contributed by atoms with E-state index in [0.29, 0.717) is 24.4 Å². The van der Waals surface area contributed by atoms with Crippen molar-refractivity contribution in [3.63, 3.8) is 0 Å². The third kappa shape index (κ3) is 8.65. The summed E-state index contributed by atoms with van der Waals surface area (Å²) in [6.07, 6.45) is 0. The number of halogens is 1. The third-order valence-corrected chi connectivity index (χ3v) is 4.20. The lowest BCUT2D eigenvalue weighted by molar-refractivity contribution is -0.117. The van der Waals surface area contributed by atoms with Crippen LogP contribution in [0, 0.1) is 0 Å². The van der Waals surface area contributed by atoms with E-state index >= 15 is 0 Å². The van der Waals surface area contributed by atoms with Crippen molar-refractivity contribution < 1.29 is 14.3 Å². The third-order valence-electron chi connectivity index (χ3n) is 4.20. The molecular weight excluding hydrogens is 354 g/mol. The summed E-state index contributed by atoms with van der Waals surface area (Å²) in [6.45, 7) is 13.2. The second-order valence-electron chi connectivity index (χ2n) is 5.75. The van der Waals surface area contributed by atoms with Crippen LogP contribution in [0.3, 0.4) is 0 Å². The lowest BCUT2D eigenvalue weighted by Crippen LogP contribution is -2.32. The first-order chi connectivity index (χ1) is 12.0. The highest BCUT2D eigenvalue weighted by molar-refractivity contribution is 5.94. The maximum atomic E-state index is 12.0. The molecular formula is C19H32ClN3O3. The lowest BCUT2D eigenvalue weighted by Gasteiger charge is -2.17. The van der Waals surface area contributed by atoms with Crippen LogP contribution in [0.5, 0.6) is 0 Å². The van der Waals surface area contributed by atoms with Gasteiger partial charge in [0, 0.05) is 12.2 Å². The molecule has 0 radical (unpaired) electrons. The monoisotopic (exact) mass is 385 g/mol. The van der Waals surface area contributed by atoms with Gasteiger partial charge in [-0.25, -0.2) is 4.79 Å². The van der Waals surface area contributed by atoms with Crippen molar-refractivity contribution in [1.82, 2.24) is 9.80 Å². The summed E-state index contributed by atoms with van der Waals surface area (Å²) < 4.78 is 5.29. The minimum atomic E-state index is -0.340. The number of anilines is 1. The van der Waals surface area contributed by atoms with Crippen molar-refractivity contribution in [2.24, 2.45) is 0 Å². The Labute approximate surface area is 163 Å². The van der Waals surface area contributed by atoms with E-state index in [1.165, 1.54) is 0 Å². The highest BCUT2D eigenvalue weighted by Crippen LogP contribution is 2.11. The molecule has 1 aromatic carbocycles. The Morgan fingerprint density at radius 3 is 1.96 bits per heavy atom. The predicted molar refractivity (Wildman–Crippen MR) is 108 cm³/mol. The zero-order chi connectivity index (χ0) is 18.7. The number of amides is 1. The van der Waals surface area contributed by atoms with Gasteiger partial charge in [-0.2, -0.15) is 0 Å². The summed E-state index contributed by atoms with van der Waals surface area (Å²) >= 11 is 0. The first-order valence-corrected chi connectivity index (χ1v) is 9.05. The van der Waals surface area contributed by atoms with Crippen molar-refractivity contribution >= 4 is 30.0 Å². The van der Waals surface area contributed by atoms with Gasteiger partial charge >= 0.3 is 5.97 Å². The fraction of sp³-hybridized carbons (Fsp3) is 0.579. The molecule has 0 saturated heterocycles. The van der Waals surface area contributed by atoms with Crippen LogP contribution in [0.25, 0.3) is 0 Å². The fourth-order valence-electron chi connectivity index (χ4n) is 2.43. The number of nitrogens with one attached hydrogen (secondary N) is 1. The molecule has 0 aliphatic heterocycles. The van der Waals surface area contributed by atoms with E-state index in [2.05, 4.69) is 24.1 Å². The number of nitrogens with zero attached hydrogens (tertiary/aromatic N) is 2. The summed E-state index contributed by atoms with van der Waals surface area (Å²) in [5, 5.41) is 2.84. The minimum absolute atomic E-state index is 0. The molecule has 0 bridgehead atoms. The zero-order valence-electron chi connectivity index (χ0n) is 16.3. The summed E-state index contributed by atoms with van der Waals surface area (Å²) in [5.41, 5.74) is 1.16. The van der Waals surface area contributed by atoms with Crippen molar-refractivity contribution in [1.29, 1.82) is 0 Å². The predicted octanol–water partition coefficient (Wildman–Crippen LogP) is 2.89. The Hall–Kier alpha value is -1.63. The molecule has 1 N–H and O–H groups in total. The second kappa shape index (κ2) is 13.6. The number of benzene rings is 1. The lowest BCUT2D eigenvalue weighted by atomic mass is 10.2. The number of hydrogen-bond donors (Lipinski definition) is 1. The molecule has 0 aromatic heterocycles. The Morgan fingerprint density at radius 1 is 0.923 bits per heavy atom. The molecule has 0 fully saturated rings. The van der Waals surface area contributed by atoms with E-state index in [-0.39, 0.29) is 24.3 Å². The maximum Gasteiger partial charge on any atom is 0.338 e. The van der Waals surface area contributed by atoms with Crippen molar-refractivity contribution in [3.05, 3.63) is 29.8 Å². The Bertz CT molecular complexity index is 529. The highest BCUT2D eigenvalue weighted by atomic mass is 35.5. The van der Waals surface area contributed by atoms with Crippen LogP contribution in [0.15, 0.2) is 24.3 Å². The first-order valence-electron chi connectivity index (χ1n) is 9.05. The number of hydrogen-bond acceptors (Lipinski definition) is 5. The van der Waals surface area contributed by atoms with Gasteiger partial charge in [0.25, 0.3) is 0 Å². The van der Waals surface area contributed by atoms with Gasteiger partial charge in [0.2, 0.25) is 5.91 Å². The summed E-state index contributed by atoms with van der Waals surface area (Å²) in [7, 11) is 0. The number of rotatable bonds is 11. The minimum Gasteiger partial charge on any atom is -0.461 e. The Balaban J connectivity index is 0.00000625. The number of esters is 1. The van der Waals surface area contributed by atoms with Gasteiger partial charge in [0.15, 0.2) is 0 Å². The number of carbonyl (C=O) groups excluding carboxylic acids is 2. The van der Waals surface area contributed by atoms with E-state index in [1.54, 1.807) is 24.3 Å². The van der Waals surface area contributed by atoms with Crippen LogP contribution in [-0.4, -0.2) is 67.6 Å². The largest absolute Gasteiger partial charge is 0.461 e. The molecule has 0 saturated carbocycles. The van der Waals surface area contributed by atoms with Gasteiger partial charge in [-0.1, -0.05) is 27.7 Å². The smallest absolute Gasteiger partial charge is 0.338 e. The molecule has 0 aliphatic carbocycles. The topological polar surface area (TPSA) is 61.9 Å². The van der Waals surface area contributed by atoms with Crippen LogP contribution in [-0.2, 0) is 9.53 Å². The van der Waals surface area contributed by atoms with E-state index in [9.17, 15) is 9.59 Å². The molecule has 7 heteroatoms. The van der Waals surface area contributed by atoms with Gasteiger partial charge in [-0.05, 0) is 50.4 Å². The molecule has 148 valence electrons. The Kier molecular flexibility index (Phi) is 12.7. The van der Waals surface area contributed by atoms with Gasteiger partial charge < -0.3 is 15.0 Å². The Morgan fingerprint density at radius 2 is 1.46 bits per heavy atom. The second-order valence-corrected chi connectivity index (χ2v) is 5.75. The molecule has 0 spiro atoms. The van der Waals surface area contributed by atoms with E-state index in [4.69, 9.17) is 4.74 Å². The van der Waals surface area contributed by atoms with Gasteiger partial charge in [0.1, 0.15) is 6.61 Å². The van der Waals surface area contributed by atoms with Crippen molar-refractivity contribution in [3.8, 4) is 0 Å². The van der Waals surface area contributed by atoms with Crippen LogP contribution in [0.4, 0.5) is 5.69 Å². The molecule has 1 aromatic rings. The molecule has 0 atom stereocenters. The zero-order valence-corrected chi connectivity index (χ0v) is 17.1. The molecule has 26 heavy (non-hydrogen) atoms. The van der Waals surface area contributed by atoms with Crippen molar-refractivity contribution in [2.45, 2.75) is 27.7 Å². The summed E-state index contributed by atoms with van der Waals surface area (Å²) in [6, 6.07) is 6.79. The van der Waals surface area contributed by atoms with Crippen molar-refractivity contribution in [2.75, 3.05) is 51.2 Å². The van der Waals surface area contributed by atoms with Gasteiger partial charge in [0.05, 0.1) is 12.1 Å². The first kappa shape index (κ1) is 24.4. The number of likely N-dealkylation sites (N-methyl/N-ethyl adjacent to an activating group) is 2.